The summed E-state index contributed by atoms with van der Waals surface area (Å²) in [6.07, 6.45) is 9.07. The van der Waals surface area contributed by atoms with Crippen molar-refractivity contribution in [1.29, 1.82) is 10.5 Å². The first kappa shape index (κ1) is 17.4. The van der Waals surface area contributed by atoms with Crippen LogP contribution in [0.3, 0.4) is 0 Å². The van der Waals surface area contributed by atoms with E-state index in [9.17, 15) is 0 Å². The van der Waals surface area contributed by atoms with Gasteiger partial charge in [-0.05, 0) is 36.4 Å². The summed E-state index contributed by atoms with van der Waals surface area (Å²) in [6, 6.07) is 10.7. The van der Waals surface area contributed by atoms with E-state index in [1.807, 2.05) is 12.1 Å². The highest BCUT2D eigenvalue weighted by Gasteiger charge is 1.88. The molecule has 0 aliphatic rings. The van der Waals surface area contributed by atoms with Crippen LogP contribution < -0.4 is 0 Å². The molecule has 0 spiro atoms. The lowest BCUT2D eigenvalue weighted by Gasteiger charge is -1.89. The Labute approximate surface area is 138 Å². The van der Waals surface area contributed by atoms with Crippen LogP contribution in [0.2, 0.25) is 10.0 Å². The molecule has 0 unspecified atom stereocenters. The van der Waals surface area contributed by atoms with E-state index in [0.29, 0.717) is 10.0 Å². The van der Waals surface area contributed by atoms with Crippen LogP contribution in [0.1, 0.15) is 11.4 Å². The number of nitriles is 2. The normalized spacial score (nSPS) is 9.82. The van der Waals surface area contributed by atoms with Gasteiger partial charge in [-0.3, -0.25) is 9.97 Å². The molecule has 0 aliphatic heterocycles. The summed E-state index contributed by atoms with van der Waals surface area (Å²) in [5, 5.41) is 17.6. The van der Waals surface area contributed by atoms with Crippen LogP contribution >= 0.6 is 23.2 Å². The summed E-state index contributed by atoms with van der Waals surface area (Å²) < 4.78 is 0. The predicted molar refractivity (Wildman–Crippen MR) is 87.8 cm³/mol. The van der Waals surface area contributed by atoms with Gasteiger partial charge in [0.05, 0.1) is 33.6 Å². The Balaban J connectivity index is 0.000000220. The fourth-order valence-corrected chi connectivity index (χ4v) is 1.44. The molecule has 2 aromatic heterocycles. The highest BCUT2D eigenvalue weighted by Crippen LogP contribution is 2.07. The highest BCUT2D eigenvalue weighted by molar-refractivity contribution is 6.30. The molecule has 6 heteroatoms. The van der Waals surface area contributed by atoms with Gasteiger partial charge in [0.25, 0.3) is 0 Å². The molecule has 2 aromatic rings. The number of nitrogens with zero attached hydrogens (tertiary/aromatic N) is 4. The summed E-state index contributed by atoms with van der Waals surface area (Å²) in [5.41, 5.74) is 1.46. The van der Waals surface area contributed by atoms with E-state index in [2.05, 4.69) is 9.97 Å². The first-order valence-electron chi connectivity index (χ1n) is 6.01. The van der Waals surface area contributed by atoms with Gasteiger partial charge in [-0.15, -0.1) is 0 Å². The third kappa shape index (κ3) is 7.21. The number of hydrogen-bond acceptors (Lipinski definition) is 4. The van der Waals surface area contributed by atoms with Crippen LogP contribution in [0.4, 0.5) is 0 Å². The summed E-state index contributed by atoms with van der Waals surface area (Å²) in [4.78, 5) is 7.89. The molecule has 0 fully saturated rings. The smallest absolute Gasteiger partial charge is 0.0912 e. The van der Waals surface area contributed by atoms with Gasteiger partial charge in [-0.1, -0.05) is 23.2 Å². The van der Waals surface area contributed by atoms with Crippen LogP contribution in [0, 0.1) is 22.7 Å². The summed E-state index contributed by atoms with van der Waals surface area (Å²) >= 11 is 11.2. The van der Waals surface area contributed by atoms with Crippen molar-refractivity contribution >= 4 is 35.4 Å². The number of aromatic nitrogens is 2. The Morgan fingerprint density at radius 3 is 1.45 bits per heavy atom. The largest absolute Gasteiger partial charge is 0.255 e. The maximum absolute atomic E-state index is 8.19. The number of halogens is 2. The lowest BCUT2D eigenvalue weighted by atomic mass is 10.3. The van der Waals surface area contributed by atoms with Crippen molar-refractivity contribution in [3.63, 3.8) is 0 Å². The first-order valence-corrected chi connectivity index (χ1v) is 6.76. The zero-order chi connectivity index (χ0) is 16.2. The molecular weight excluding hydrogens is 319 g/mol. The SMILES string of the molecule is N#CC=Cc1ccc(Cl)cn1.N#CC=Cc1ccc(Cl)cn1. The van der Waals surface area contributed by atoms with Gasteiger partial charge in [0.1, 0.15) is 0 Å². The van der Waals surface area contributed by atoms with Crippen molar-refractivity contribution < 1.29 is 0 Å². The molecule has 0 N–H and O–H groups in total. The highest BCUT2D eigenvalue weighted by atomic mass is 35.5. The molecule has 2 heterocycles. The van der Waals surface area contributed by atoms with Gasteiger partial charge in [-0.2, -0.15) is 10.5 Å². The lowest BCUT2D eigenvalue weighted by Crippen LogP contribution is -1.77. The molecule has 0 saturated heterocycles. The van der Waals surface area contributed by atoms with Crippen LogP contribution in [0.15, 0.2) is 48.8 Å². The molecule has 108 valence electrons. The lowest BCUT2D eigenvalue weighted by molar-refractivity contribution is 1.30. The molecule has 0 radical (unpaired) electrons. The van der Waals surface area contributed by atoms with Gasteiger partial charge in [-0.25, -0.2) is 0 Å². The quantitative estimate of drug-likeness (QED) is 0.758. The molecule has 0 amide bonds. The molecule has 0 saturated carbocycles. The molecule has 22 heavy (non-hydrogen) atoms. The van der Waals surface area contributed by atoms with Crippen molar-refractivity contribution in [2.45, 2.75) is 0 Å². The average Bonchev–Trinajstić information content (AvgIpc) is 2.54. The minimum absolute atomic E-state index is 0.596. The van der Waals surface area contributed by atoms with Gasteiger partial charge in [0, 0.05) is 24.5 Å². The van der Waals surface area contributed by atoms with Gasteiger partial charge in [0.15, 0.2) is 0 Å². The third-order valence-corrected chi connectivity index (χ3v) is 2.60. The number of rotatable bonds is 2. The number of hydrogen-bond donors (Lipinski definition) is 0. The Morgan fingerprint density at radius 1 is 0.773 bits per heavy atom. The topological polar surface area (TPSA) is 73.4 Å². The van der Waals surface area contributed by atoms with Crippen LogP contribution in [0.5, 0.6) is 0 Å². The zero-order valence-electron chi connectivity index (χ0n) is 11.3. The van der Waals surface area contributed by atoms with E-state index in [1.165, 1.54) is 12.2 Å². The van der Waals surface area contributed by atoms with E-state index in [0.717, 1.165) is 11.4 Å². The van der Waals surface area contributed by atoms with Crippen molar-refractivity contribution in [3.05, 3.63) is 70.2 Å². The minimum Gasteiger partial charge on any atom is -0.255 e. The number of pyridine rings is 2. The zero-order valence-corrected chi connectivity index (χ0v) is 12.8. The molecular formula is C16H10Cl2N4. The van der Waals surface area contributed by atoms with Crippen LogP contribution in [-0.2, 0) is 0 Å². The Morgan fingerprint density at radius 2 is 1.18 bits per heavy atom. The van der Waals surface area contributed by atoms with E-state index in [4.69, 9.17) is 33.7 Å². The van der Waals surface area contributed by atoms with Crippen molar-refractivity contribution in [3.8, 4) is 12.1 Å². The maximum Gasteiger partial charge on any atom is 0.0912 e. The van der Waals surface area contributed by atoms with E-state index in [-0.39, 0.29) is 0 Å². The first-order chi connectivity index (χ1) is 10.7. The second-order valence-electron chi connectivity index (χ2n) is 3.73. The molecule has 0 aromatic carbocycles. The van der Waals surface area contributed by atoms with Crippen LogP contribution in [0.25, 0.3) is 12.2 Å². The standard InChI is InChI=1S/2C8H5ClN2/c2*9-7-3-4-8(11-6-7)2-1-5-10/h2*1-4,6H. The number of allylic oxidation sites excluding steroid dienone is 2. The summed E-state index contributed by atoms with van der Waals surface area (Å²) in [7, 11) is 0. The van der Waals surface area contributed by atoms with Crippen molar-refractivity contribution in [2.24, 2.45) is 0 Å². The van der Waals surface area contributed by atoms with E-state index >= 15 is 0 Å². The monoisotopic (exact) mass is 328 g/mol. The Bertz CT molecular complexity index is 655. The summed E-state index contributed by atoms with van der Waals surface area (Å²) in [6.45, 7) is 0. The van der Waals surface area contributed by atoms with Crippen molar-refractivity contribution in [1.82, 2.24) is 9.97 Å². The van der Waals surface area contributed by atoms with Gasteiger partial charge in [0.2, 0.25) is 0 Å². The molecule has 0 bridgehead atoms. The molecule has 4 nitrogen and oxygen atoms in total. The molecule has 0 aliphatic carbocycles. The Kier molecular flexibility index (Phi) is 8.00. The van der Waals surface area contributed by atoms with Crippen LogP contribution in [-0.4, -0.2) is 9.97 Å². The van der Waals surface area contributed by atoms with Crippen molar-refractivity contribution in [2.75, 3.05) is 0 Å². The molecule has 0 atom stereocenters. The minimum atomic E-state index is 0.596. The van der Waals surface area contributed by atoms with Gasteiger partial charge < -0.3 is 0 Å². The fourth-order valence-electron chi connectivity index (χ4n) is 1.22. The predicted octanol–water partition coefficient (Wildman–Crippen LogP) is 4.54. The fraction of sp³-hybridized carbons (Fsp3) is 0. The summed E-state index contributed by atoms with van der Waals surface area (Å²) in [5.74, 6) is 0. The third-order valence-electron chi connectivity index (χ3n) is 2.16. The molecule has 2 rings (SSSR count). The maximum atomic E-state index is 8.19. The second-order valence-corrected chi connectivity index (χ2v) is 4.60. The Hall–Kier alpha value is -2.66. The van der Waals surface area contributed by atoms with E-state index in [1.54, 1.807) is 48.8 Å². The van der Waals surface area contributed by atoms with Gasteiger partial charge >= 0.3 is 0 Å². The second kappa shape index (κ2) is 10.1. The van der Waals surface area contributed by atoms with E-state index < -0.39 is 0 Å². The average molecular weight is 329 g/mol.